The Morgan fingerprint density at radius 2 is 1.84 bits per heavy atom. The van der Waals surface area contributed by atoms with E-state index in [0.717, 1.165) is 49.1 Å². The lowest BCUT2D eigenvalue weighted by Crippen LogP contribution is -2.58. The maximum atomic E-state index is 12.7. The molecule has 2 fully saturated rings. The van der Waals surface area contributed by atoms with Crippen LogP contribution in [0.4, 0.5) is 10.5 Å². The number of carbonyl (C=O) groups excluding carboxylic acids is 2. The molecule has 2 aromatic rings. The third-order valence-corrected chi connectivity index (χ3v) is 7.01. The minimum atomic E-state index is -0.327. The quantitative estimate of drug-likeness (QED) is 0.603. The Hall–Kier alpha value is -2.38. The van der Waals surface area contributed by atoms with E-state index >= 15 is 0 Å². The smallest absolute Gasteiger partial charge is 0.329 e. The number of imide groups is 1. The third-order valence-electron chi connectivity index (χ3n) is 6.24. The highest BCUT2D eigenvalue weighted by Crippen LogP contribution is 2.29. The van der Waals surface area contributed by atoms with Crippen molar-refractivity contribution in [3.05, 3.63) is 58.6 Å². The fourth-order valence-corrected chi connectivity index (χ4v) is 5.02. The first-order valence-electron chi connectivity index (χ1n) is 11.4. The Labute approximate surface area is 198 Å². The Kier molecular flexibility index (Phi) is 7.48. The van der Waals surface area contributed by atoms with Gasteiger partial charge in [0, 0.05) is 17.4 Å². The number of hydrogen-bond acceptors (Lipinski definition) is 4. The van der Waals surface area contributed by atoms with Gasteiger partial charge < -0.3 is 15.0 Å². The summed E-state index contributed by atoms with van der Waals surface area (Å²) in [6.45, 7) is 5.35. The highest BCUT2D eigenvalue weighted by atomic mass is 79.9. The molecule has 32 heavy (non-hydrogen) atoms. The summed E-state index contributed by atoms with van der Waals surface area (Å²) in [6, 6.07) is 14.8. The van der Waals surface area contributed by atoms with Crippen molar-refractivity contribution in [2.45, 2.75) is 38.6 Å². The highest BCUT2D eigenvalue weighted by Gasteiger charge is 2.34. The van der Waals surface area contributed by atoms with Gasteiger partial charge >= 0.3 is 6.03 Å². The van der Waals surface area contributed by atoms with Gasteiger partial charge in [0.05, 0.1) is 18.3 Å². The molecule has 6 nitrogen and oxygen atoms in total. The Morgan fingerprint density at radius 1 is 1.09 bits per heavy atom. The molecule has 2 aromatic carbocycles. The molecule has 1 N–H and O–H groups in total. The minimum absolute atomic E-state index is 0.136. The molecule has 2 heterocycles. The Bertz CT molecular complexity index is 927. The van der Waals surface area contributed by atoms with Crippen molar-refractivity contribution in [1.29, 1.82) is 0 Å². The first kappa shape index (κ1) is 22.8. The van der Waals surface area contributed by atoms with E-state index in [2.05, 4.69) is 38.3 Å². The summed E-state index contributed by atoms with van der Waals surface area (Å²) in [5.74, 6) is 1.40. The van der Waals surface area contributed by atoms with Crippen LogP contribution in [0.3, 0.4) is 0 Å². The van der Waals surface area contributed by atoms with Crippen LogP contribution in [0.1, 0.15) is 31.7 Å². The summed E-state index contributed by atoms with van der Waals surface area (Å²) in [7, 11) is 0. The molecule has 2 aliphatic rings. The van der Waals surface area contributed by atoms with Crippen LogP contribution in [0.25, 0.3) is 0 Å². The van der Waals surface area contributed by atoms with Crippen LogP contribution in [-0.4, -0.2) is 49.1 Å². The largest absolute Gasteiger partial charge is 0.494 e. The number of anilines is 1. The van der Waals surface area contributed by atoms with Crippen molar-refractivity contribution in [2.75, 3.05) is 31.1 Å². The molecular formula is C25H30BrN3O3. The van der Waals surface area contributed by atoms with Crippen LogP contribution in [0.15, 0.2) is 53.0 Å². The van der Waals surface area contributed by atoms with Gasteiger partial charge in [-0.3, -0.25) is 4.79 Å². The lowest BCUT2D eigenvalue weighted by atomic mass is 9.90. The van der Waals surface area contributed by atoms with Gasteiger partial charge in [-0.2, -0.15) is 0 Å². The number of para-hydroxylation sites is 1. The number of piperidine rings is 1. The number of likely N-dealkylation sites (tertiary alicyclic amines) is 1. The predicted molar refractivity (Wildman–Crippen MR) is 129 cm³/mol. The van der Waals surface area contributed by atoms with Crippen molar-refractivity contribution >= 4 is 33.6 Å². The van der Waals surface area contributed by atoms with Gasteiger partial charge in [0.2, 0.25) is 5.91 Å². The van der Waals surface area contributed by atoms with E-state index in [-0.39, 0.29) is 18.0 Å². The summed E-state index contributed by atoms with van der Waals surface area (Å²) >= 11 is 3.68. The van der Waals surface area contributed by atoms with Crippen LogP contribution < -0.4 is 15.0 Å². The van der Waals surface area contributed by atoms with Crippen molar-refractivity contribution < 1.29 is 14.3 Å². The number of nitrogens with one attached hydrogen (secondary N) is 1. The van der Waals surface area contributed by atoms with Crippen LogP contribution in [-0.2, 0) is 11.2 Å². The van der Waals surface area contributed by atoms with Crippen LogP contribution in [0.5, 0.6) is 5.75 Å². The molecule has 0 aliphatic carbocycles. The number of rotatable bonds is 7. The van der Waals surface area contributed by atoms with Crippen molar-refractivity contribution in [1.82, 2.24) is 10.2 Å². The van der Waals surface area contributed by atoms with Crippen LogP contribution >= 0.6 is 15.9 Å². The summed E-state index contributed by atoms with van der Waals surface area (Å²) < 4.78 is 6.78. The molecule has 170 valence electrons. The predicted octanol–water partition coefficient (Wildman–Crippen LogP) is 4.62. The van der Waals surface area contributed by atoms with Crippen molar-refractivity contribution in [3.8, 4) is 5.75 Å². The van der Waals surface area contributed by atoms with Gasteiger partial charge in [-0.15, -0.1) is 0 Å². The highest BCUT2D eigenvalue weighted by molar-refractivity contribution is 9.10. The van der Waals surface area contributed by atoms with Gasteiger partial charge in [-0.05, 0) is 81.1 Å². The van der Waals surface area contributed by atoms with E-state index in [1.54, 1.807) is 12.1 Å². The maximum Gasteiger partial charge on any atom is 0.329 e. The van der Waals surface area contributed by atoms with E-state index in [1.807, 2.05) is 31.2 Å². The molecule has 3 amide bonds. The van der Waals surface area contributed by atoms with Gasteiger partial charge in [0.25, 0.3) is 0 Å². The molecule has 0 bridgehead atoms. The lowest BCUT2D eigenvalue weighted by molar-refractivity contribution is -0.119. The van der Waals surface area contributed by atoms with Gasteiger partial charge in [-0.25, -0.2) is 9.69 Å². The number of nitrogens with zero attached hydrogens (tertiary/aromatic N) is 2. The van der Waals surface area contributed by atoms with E-state index in [1.165, 1.54) is 10.5 Å². The average molecular weight is 500 g/mol. The van der Waals surface area contributed by atoms with Gasteiger partial charge in [-0.1, -0.05) is 34.1 Å². The second-order valence-electron chi connectivity index (χ2n) is 8.55. The maximum absolute atomic E-state index is 12.7. The zero-order chi connectivity index (χ0) is 22.5. The van der Waals surface area contributed by atoms with Crippen molar-refractivity contribution in [3.63, 3.8) is 0 Å². The topological polar surface area (TPSA) is 61.9 Å². The molecule has 2 aliphatic heterocycles. The fourth-order valence-electron chi connectivity index (χ4n) is 4.61. The number of amides is 3. The molecular weight excluding hydrogens is 470 g/mol. The first-order valence-corrected chi connectivity index (χ1v) is 12.1. The summed E-state index contributed by atoms with van der Waals surface area (Å²) in [5.41, 5.74) is 1.91. The molecule has 2 saturated heterocycles. The number of halogens is 1. The molecule has 0 spiro atoms. The second-order valence-corrected chi connectivity index (χ2v) is 9.40. The fraction of sp³-hybridized carbons (Fsp3) is 0.440. The first-order chi connectivity index (χ1) is 15.5. The van der Waals surface area contributed by atoms with Gasteiger partial charge in [0.15, 0.2) is 0 Å². The third kappa shape index (κ3) is 5.51. The SMILES string of the molecule is CCOc1ccc(Br)c(CC2CCN(CC3CC(=O)N(c4ccccc4)C(=O)N3)CC2)c1. The number of benzene rings is 2. The normalized spacial score (nSPS) is 20.3. The van der Waals surface area contributed by atoms with Crippen molar-refractivity contribution in [2.24, 2.45) is 5.92 Å². The summed E-state index contributed by atoms with van der Waals surface area (Å²) in [4.78, 5) is 28.9. The van der Waals surface area contributed by atoms with Gasteiger partial charge in [0.1, 0.15) is 5.75 Å². The summed E-state index contributed by atoms with van der Waals surface area (Å²) in [5, 5.41) is 3.02. The minimum Gasteiger partial charge on any atom is -0.494 e. The Morgan fingerprint density at radius 3 is 2.53 bits per heavy atom. The monoisotopic (exact) mass is 499 g/mol. The Balaban J connectivity index is 1.27. The number of hydrogen-bond donors (Lipinski definition) is 1. The van der Waals surface area contributed by atoms with E-state index in [0.29, 0.717) is 24.6 Å². The zero-order valence-electron chi connectivity index (χ0n) is 18.4. The van der Waals surface area contributed by atoms with Crippen LogP contribution in [0, 0.1) is 5.92 Å². The van der Waals surface area contributed by atoms with E-state index < -0.39 is 0 Å². The zero-order valence-corrected chi connectivity index (χ0v) is 20.0. The molecule has 1 atom stereocenters. The average Bonchev–Trinajstić information content (AvgIpc) is 2.78. The lowest BCUT2D eigenvalue weighted by Gasteiger charge is -2.37. The molecule has 4 rings (SSSR count). The van der Waals surface area contributed by atoms with Crippen LogP contribution in [0.2, 0.25) is 0 Å². The van der Waals surface area contributed by atoms with E-state index in [4.69, 9.17) is 4.74 Å². The standard InChI is InChI=1S/C25H30BrN3O3/c1-2-32-22-8-9-23(26)19(15-22)14-18-10-12-28(13-11-18)17-20-16-24(30)29(25(31)27-20)21-6-4-3-5-7-21/h3-9,15,18,20H,2,10-14,16-17H2,1H3,(H,27,31). The number of urea groups is 1. The summed E-state index contributed by atoms with van der Waals surface area (Å²) in [6.07, 6.45) is 3.57. The second kappa shape index (κ2) is 10.5. The molecule has 0 saturated carbocycles. The number of carbonyl (C=O) groups is 2. The number of ether oxygens (including phenoxy) is 1. The van der Waals surface area contributed by atoms with E-state index in [9.17, 15) is 9.59 Å². The molecule has 0 radical (unpaired) electrons. The molecule has 0 aromatic heterocycles. The molecule has 1 unspecified atom stereocenters. The molecule has 7 heteroatoms.